The number of likely N-dealkylation sites (tertiary alicyclic amines) is 1. The number of nitrogens with two attached hydrogens (primary N) is 1. The van der Waals surface area contributed by atoms with Crippen LogP contribution in [-0.2, 0) is 10.0 Å². The van der Waals surface area contributed by atoms with Crippen molar-refractivity contribution in [3.63, 3.8) is 0 Å². The average molecular weight is 363 g/mol. The van der Waals surface area contributed by atoms with Crippen molar-refractivity contribution >= 4 is 26.9 Å². The van der Waals surface area contributed by atoms with Crippen LogP contribution in [0.1, 0.15) is 23.4 Å². The van der Waals surface area contributed by atoms with E-state index in [-0.39, 0.29) is 22.6 Å². The van der Waals surface area contributed by atoms with E-state index in [0.717, 1.165) is 32.5 Å². The summed E-state index contributed by atoms with van der Waals surface area (Å²) in [4.78, 5) is 14.7. The summed E-state index contributed by atoms with van der Waals surface area (Å²) >= 11 is 0. The number of hydrogen-bond acceptors (Lipinski definition) is 5. The molecule has 1 aromatic carbocycles. The Morgan fingerprint density at radius 2 is 2.08 bits per heavy atom. The summed E-state index contributed by atoms with van der Waals surface area (Å²) in [6, 6.07) is 5.89. The molecule has 3 rings (SSSR count). The molecule has 0 bridgehead atoms. The van der Waals surface area contributed by atoms with Gasteiger partial charge in [-0.1, -0.05) is 6.08 Å². The predicted molar refractivity (Wildman–Crippen MR) is 94.7 cm³/mol. The van der Waals surface area contributed by atoms with Gasteiger partial charge in [-0.15, -0.1) is 6.58 Å². The third kappa shape index (κ3) is 4.09. The van der Waals surface area contributed by atoms with Gasteiger partial charge < -0.3 is 9.73 Å². The molecule has 0 atom stereocenters. The van der Waals surface area contributed by atoms with Crippen LogP contribution < -0.4 is 10.5 Å². The topological polar surface area (TPSA) is 106 Å². The summed E-state index contributed by atoms with van der Waals surface area (Å²) in [5.74, 6) is -0.134. The summed E-state index contributed by atoms with van der Waals surface area (Å²) in [5, 5.41) is 8.62. The van der Waals surface area contributed by atoms with Gasteiger partial charge in [-0.2, -0.15) is 0 Å². The number of hydrogen-bond donors (Lipinski definition) is 2. The van der Waals surface area contributed by atoms with Gasteiger partial charge in [0.1, 0.15) is 5.58 Å². The van der Waals surface area contributed by atoms with Crippen LogP contribution >= 0.6 is 0 Å². The molecule has 0 aliphatic carbocycles. The number of piperidine rings is 1. The lowest BCUT2D eigenvalue weighted by atomic mass is 10.0. The summed E-state index contributed by atoms with van der Waals surface area (Å²) < 4.78 is 28.3. The highest BCUT2D eigenvalue weighted by Crippen LogP contribution is 2.23. The van der Waals surface area contributed by atoms with Crippen molar-refractivity contribution < 1.29 is 17.6 Å². The fourth-order valence-electron chi connectivity index (χ4n) is 3.01. The summed E-state index contributed by atoms with van der Waals surface area (Å²) in [7, 11) is -3.79. The second-order valence-corrected chi connectivity index (χ2v) is 7.75. The fraction of sp³-hybridized carbons (Fsp3) is 0.353. The first kappa shape index (κ1) is 17.7. The summed E-state index contributed by atoms with van der Waals surface area (Å²) in [5.41, 5.74) is 0.443. The van der Waals surface area contributed by atoms with Crippen molar-refractivity contribution in [2.45, 2.75) is 23.8 Å². The van der Waals surface area contributed by atoms with Crippen LogP contribution in [0, 0.1) is 0 Å². The lowest BCUT2D eigenvalue weighted by Crippen LogP contribution is -2.44. The number of sulfonamides is 1. The molecule has 0 spiro atoms. The van der Waals surface area contributed by atoms with Crippen molar-refractivity contribution in [2.75, 3.05) is 19.6 Å². The molecule has 0 radical (unpaired) electrons. The zero-order valence-corrected chi connectivity index (χ0v) is 14.6. The largest absolute Gasteiger partial charge is 0.451 e. The number of fused-ring (bicyclic) bond motifs is 1. The van der Waals surface area contributed by atoms with Gasteiger partial charge in [0.25, 0.3) is 5.91 Å². The minimum absolute atomic E-state index is 0.0117. The third-order valence-electron chi connectivity index (χ3n) is 4.35. The van der Waals surface area contributed by atoms with Gasteiger partial charge in [-0.05, 0) is 37.1 Å². The molecule has 3 N–H and O–H groups in total. The van der Waals surface area contributed by atoms with Gasteiger partial charge in [-0.3, -0.25) is 9.69 Å². The Balaban J connectivity index is 1.69. The predicted octanol–water partition coefficient (Wildman–Crippen LogP) is 1.46. The second-order valence-electron chi connectivity index (χ2n) is 6.19. The standard InChI is InChI=1S/C17H21N3O4S/c1-2-7-20-8-5-13(6-9-20)19-17(21)16-11-12-10-14(25(18,22)23)3-4-15(12)24-16/h2-4,10-11,13H,1,5-9H2,(H,19,21)(H2,18,22,23). The Labute approximate surface area is 146 Å². The molecular weight excluding hydrogens is 342 g/mol. The average Bonchev–Trinajstić information content (AvgIpc) is 2.99. The molecule has 1 saturated heterocycles. The van der Waals surface area contributed by atoms with E-state index >= 15 is 0 Å². The van der Waals surface area contributed by atoms with E-state index in [0.29, 0.717) is 11.0 Å². The van der Waals surface area contributed by atoms with Crippen LogP contribution in [0.4, 0.5) is 0 Å². The van der Waals surface area contributed by atoms with Crippen LogP contribution in [0.25, 0.3) is 11.0 Å². The fourth-order valence-corrected chi connectivity index (χ4v) is 3.56. The van der Waals surface area contributed by atoms with E-state index in [4.69, 9.17) is 9.56 Å². The quantitative estimate of drug-likeness (QED) is 0.783. The minimum Gasteiger partial charge on any atom is -0.451 e. The normalized spacial score (nSPS) is 16.8. The molecular formula is C17H21N3O4S. The molecule has 0 saturated carbocycles. The number of benzene rings is 1. The number of nitrogens with zero attached hydrogens (tertiary/aromatic N) is 1. The van der Waals surface area contributed by atoms with Crippen LogP contribution in [0.3, 0.4) is 0 Å². The highest BCUT2D eigenvalue weighted by Gasteiger charge is 2.22. The highest BCUT2D eigenvalue weighted by molar-refractivity contribution is 7.89. The number of nitrogens with one attached hydrogen (secondary N) is 1. The first-order valence-corrected chi connectivity index (χ1v) is 9.62. The van der Waals surface area contributed by atoms with Crippen LogP contribution in [-0.4, -0.2) is 44.9 Å². The molecule has 1 aromatic heterocycles. The SMILES string of the molecule is C=CCN1CCC(NC(=O)c2cc3cc(S(N)(=O)=O)ccc3o2)CC1. The maximum Gasteiger partial charge on any atom is 0.287 e. The lowest BCUT2D eigenvalue weighted by molar-refractivity contribution is 0.0888. The molecule has 2 heterocycles. The molecule has 1 aliphatic rings. The Kier molecular flexibility index (Phi) is 4.94. The van der Waals surface area contributed by atoms with E-state index in [1.165, 1.54) is 24.3 Å². The lowest BCUT2D eigenvalue weighted by Gasteiger charge is -2.31. The second kappa shape index (κ2) is 6.99. The van der Waals surface area contributed by atoms with Gasteiger partial charge in [-0.25, -0.2) is 13.6 Å². The van der Waals surface area contributed by atoms with Crippen LogP contribution in [0.5, 0.6) is 0 Å². The van der Waals surface area contributed by atoms with E-state index in [2.05, 4.69) is 16.8 Å². The molecule has 7 nitrogen and oxygen atoms in total. The minimum atomic E-state index is -3.79. The van der Waals surface area contributed by atoms with Crippen molar-refractivity contribution in [3.05, 3.63) is 42.7 Å². The van der Waals surface area contributed by atoms with E-state index < -0.39 is 10.0 Å². The van der Waals surface area contributed by atoms with E-state index in [9.17, 15) is 13.2 Å². The number of amides is 1. The summed E-state index contributed by atoms with van der Waals surface area (Å²) in [6.07, 6.45) is 3.62. The molecule has 1 fully saturated rings. The Hall–Kier alpha value is -2.16. The van der Waals surface area contributed by atoms with E-state index in [1.54, 1.807) is 0 Å². The van der Waals surface area contributed by atoms with Gasteiger partial charge in [0.15, 0.2) is 5.76 Å². The van der Waals surface area contributed by atoms with E-state index in [1.807, 2.05) is 6.08 Å². The Morgan fingerprint density at radius 3 is 2.72 bits per heavy atom. The Bertz CT molecular complexity index is 896. The Morgan fingerprint density at radius 1 is 1.36 bits per heavy atom. The number of furan rings is 1. The highest BCUT2D eigenvalue weighted by atomic mass is 32.2. The monoisotopic (exact) mass is 363 g/mol. The number of carbonyl (C=O) groups excluding carboxylic acids is 1. The van der Waals surface area contributed by atoms with Crippen molar-refractivity contribution in [3.8, 4) is 0 Å². The first-order chi connectivity index (χ1) is 11.9. The van der Waals surface area contributed by atoms with Gasteiger partial charge >= 0.3 is 0 Å². The third-order valence-corrected chi connectivity index (χ3v) is 5.26. The van der Waals surface area contributed by atoms with Crippen molar-refractivity contribution in [2.24, 2.45) is 5.14 Å². The summed E-state index contributed by atoms with van der Waals surface area (Å²) in [6.45, 7) is 6.42. The smallest absolute Gasteiger partial charge is 0.287 e. The number of rotatable bonds is 5. The molecule has 134 valence electrons. The number of primary sulfonamides is 1. The molecule has 1 amide bonds. The molecule has 1 aliphatic heterocycles. The zero-order chi connectivity index (χ0) is 18.0. The maximum absolute atomic E-state index is 12.4. The molecule has 2 aromatic rings. The van der Waals surface area contributed by atoms with Crippen molar-refractivity contribution in [1.29, 1.82) is 0 Å². The molecule has 0 unspecified atom stereocenters. The first-order valence-electron chi connectivity index (χ1n) is 8.07. The van der Waals surface area contributed by atoms with Gasteiger partial charge in [0.05, 0.1) is 4.90 Å². The van der Waals surface area contributed by atoms with Gasteiger partial charge in [0, 0.05) is 31.1 Å². The van der Waals surface area contributed by atoms with Crippen LogP contribution in [0.15, 0.2) is 46.2 Å². The number of carbonyl (C=O) groups is 1. The maximum atomic E-state index is 12.4. The zero-order valence-electron chi connectivity index (χ0n) is 13.8. The molecule has 8 heteroatoms. The molecule has 25 heavy (non-hydrogen) atoms. The van der Waals surface area contributed by atoms with Crippen LogP contribution in [0.2, 0.25) is 0 Å². The van der Waals surface area contributed by atoms with Crippen molar-refractivity contribution in [1.82, 2.24) is 10.2 Å². The van der Waals surface area contributed by atoms with Gasteiger partial charge in [0.2, 0.25) is 10.0 Å².